The zero-order chi connectivity index (χ0) is 11.8. The van der Waals surface area contributed by atoms with Crippen LogP contribution in [-0.4, -0.2) is 27.5 Å². The summed E-state index contributed by atoms with van der Waals surface area (Å²) in [6.45, 7) is 3.39. The molecular weight excluding hydrogens is 234 g/mol. The van der Waals surface area contributed by atoms with Gasteiger partial charge in [0.2, 0.25) is 0 Å². The summed E-state index contributed by atoms with van der Waals surface area (Å²) in [5.74, 6) is 0. The van der Waals surface area contributed by atoms with Crippen LogP contribution < -0.4 is 0 Å². The summed E-state index contributed by atoms with van der Waals surface area (Å²) in [5.41, 5.74) is 2.27. The van der Waals surface area contributed by atoms with Crippen LogP contribution in [0.2, 0.25) is 5.15 Å². The molecule has 0 spiro atoms. The molecule has 1 saturated heterocycles. The monoisotopic (exact) mass is 249 g/mol. The van der Waals surface area contributed by atoms with Gasteiger partial charge in [-0.05, 0) is 43.6 Å². The van der Waals surface area contributed by atoms with Gasteiger partial charge >= 0.3 is 0 Å². The number of likely N-dealkylation sites (tertiary alicyclic amines) is 1. The quantitative estimate of drug-likeness (QED) is 0.764. The van der Waals surface area contributed by atoms with Crippen LogP contribution in [0.3, 0.4) is 0 Å². The number of nitrogens with zero attached hydrogens (tertiary/aromatic N) is 3. The molecule has 1 aliphatic heterocycles. The van der Waals surface area contributed by atoms with Crippen molar-refractivity contribution in [2.24, 2.45) is 7.05 Å². The first kappa shape index (κ1) is 11.1. The van der Waals surface area contributed by atoms with Crippen molar-refractivity contribution in [2.75, 3.05) is 13.1 Å². The van der Waals surface area contributed by atoms with E-state index >= 15 is 0 Å². The Labute approximate surface area is 106 Å². The third-order valence-electron chi connectivity index (χ3n) is 3.48. The predicted molar refractivity (Wildman–Crippen MR) is 70.2 cm³/mol. The predicted octanol–water partition coefficient (Wildman–Crippen LogP) is 2.82. The van der Waals surface area contributed by atoms with Crippen LogP contribution in [-0.2, 0) is 13.6 Å². The normalized spacial score (nSPS) is 17.1. The first-order chi connectivity index (χ1) is 8.24. The molecule has 0 saturated carbocycles. The summed E-state index contributed by atoms with van der Waals surface area (Å²) in [6.07, 6.45) is 4.68. The van der Waals surface area contributed by atoms with Gasteiger partial charge in [-0.1, -0.05) is 11.6 Å². The highest BCUT2D eigenvalue weighted by atomic mass is 35.5. The van der Waals surface area contributed by atoms with Crippen molar-refractivity contribution in [1.29, 1.82) is 0 Å². The second-order valence-corrected chi connectivity index (χ2v) is 5.14. The number of hydrogen-bond donors (Lipinski definition) is 0. The molecule has 1 aliphatic rings. The smallest absolute Gasteiger partial charge is 0.141 e. The van der Waals surface area contributed by atoms with E-state index in [9.17, 15) is 0 Å². The summed E-state index contributed by atoms with van der Waals surface area (Å²) >= 11 is 6.10. The van der Waals surface area contributed by atoms with Crippen LogP contribution in [0.5, 0.6) is 0 Å². The molecule has 0 aliphatic carbocycles. The van der Waals surface area contributed by atoms with E-state index in [0.29, 0.717) is 5.15 Å². The van der Waals surface area contributed by atoms with E-state index in [2.05, 4.69) is 16.0 Å². The maximum Gasteiger partial charge on any atom is 0.141 e. The fourth-order valence-corrected chi connectivity index (χ4v) is 2.79. The van der Waals surface area contributed by atoms with E-state index in [1.54, 1.807) is 0 Å². The summed E-state index contributed by atoms with van der Waals surface area (Å²) in [7, 11) is 2.01. The zero-order valence-corrected chi connectivity index (χ0v) is 10.7. The number of pyridine rings is 1. The highest BCUT2D eigenvalue weighted by Crippen LogP contribution is 2.24. The third-order valence-corrected chi connectivity index (χ3v) is 3.68. The highest BCUT2D eigenvalue weighted by molar-refractivity contribution is 6.29. The molecular formula is C13H16ClN3. The van der Waals surface area contributed by atoms with Gasteiger partial charge in [0.25, 0.3) is 0 Å². The minimum Gasteiger partial charge on any atom is -0.336 e. The lowest BCUT2D eigenvalue weighted by Gasteiger charge is -2.15. The van der Waals surface area contributed by atoms with E-state index in [0.717, 1.165) is 12.2 Å². The van der Waals surface area contributed by atoms with Crippen LogP contribution in [0.25, 0.3) is 11.0 Å². The average molecular weight is 250 g/mol. The Bertz CT molecular complexity index is 541. The molecule has 3 heterocycles. The summed E-state index contributed by atoms with van der Waals surface area (Å²) in [6, 6.07) is 4.13. The Balaban J connectivity index is 2.02. The van der Waals surface area contributed by atoms with Crippen molar-refractivity contribution in [3.05, 3.63) is 29.0 Å². The molecule has 2 aromatic rings. The van der Waals surface area contributed by atoms with Gasteiger partial charge in [-0.3, -0.25) is 4.90 Å². The SMILES string of the molecule is Cn1ccc2c(CN3CCCC3)cc(Cl)nc21. The Kier molecular flexibility index (Phi) is 2.81. The summed E-state index contributed by atoms with van der Waals surface area (Å²) in [5, 5.41) is 1.82. The largest absolute Gasteiger partial charge is 0.336 e. The fourth-order valence-electron chi connectivity index (χ4n) is 2.58. The van der Waals surface area contributed by atoms with E-state index in [1.807, 2.05) is 23.9 Å². The molecule has 0 aromatic carbocycles. The third kappa shape index (κ3) is 2.05. The van der Waals surface area contributed by atoms with Crippen LogP contribution in [0.1, 0.15) is 18.4 Å². The molecule has 0 N–H and O–H groups in total. The van der Waals surface area contributed by atoms with Gasteiger partial charge in [-0.15, -0.1) is 0 Å². The Morgan fingerprint density at radius 3 is 2.88 bits per heavy atom. The molecule has 0 bridgehead atoms. The maximum absolute atomic E-state index is 6.10. The average Bonchev–Trinajstić information content (AvgIpc) is 2.90. The Morgan fingerprint density at radius 2 is 2.12 bits per heavy atom. The molecule has 4 heteroatoms. The Hall–Kier alpha value is -1.06. The van der Waals surface area contributed by atoms with Crippen molar-refractivity contribution in [1.82, 2.24) is 14.5 Å². The molecule has 0 amide bonds. The lowest BCUT2D eigenvalue weighted by atomic mass is 10.2. The standard InChI is InChI=1S/C13H16ClN3/c1-16-7-4-11-10(8-12(14)15-13(11)16)9-17-5-2-3-6-17/h4,7-8H,2-3,5-6,9H2,1H3. The van der Waals surface area contributed by atoms with Gasteiger partial charge < -0.3 is 4.57 Å². The van der Waals surface area contributed by atoms with Crippen molar-refractivity contribution in [3.8, 4) is 0 Å². The number of rotatable bonds is 2. The van der Waals surface area contributed by atoms with Crippen LogP contribution in [0, 0.1) is 0 Å². The summed E-state index contributed by atoms with van der Waals surface area (Å²) in [4.78, 5) is 6.86. The number of hydrogen-bond acceptors (Lipinski definition) is 2. The maximum atomic E-state index is 6.10. The lowest BCUT2D eigenvalue weighted by molar-refractivity contribution is 0.332. The minimum atomic E-state index is 0.591. The molecule has 17 heavy (non-hydrogen) atoms. The van der Waals surface area contributed by atoms with Crippen molar-refractivity contribution < 1.29 is 0 Å². The Morgan fingerprint density at radius 1 is 1.35 bits per heavy atom. The van der Waals surface area contributed by atoms with E-state index in [4.69, 9.17) is 11.6 Å². The van der Waals surface area contributed by atoms with Crippen LogP contribution in [0.15, 0.2) is 18.3 Å². The van der Waals surface area contributed by atoms with Gasteiger partial charge in [0.15, 0.2) is 0 Å². The summed E-state index contributed by atoms with van der Waals surface area (Å²) < 4.78 is 2.02. The van der Waals surface area contributed by atoms with Gasteiger partial charge in [-0.2, -0.15) is 0 Å². The molecule has 0 unspecified atom stereocenters. The molecule has 3 nitrogen and oxygen atoms in total. The number of aryl methyl sites for hydroxylation is 1. The minimum absolute atomic E-state index is 0.591. The lowest BCUT2D eigenvalue weighted by Crippen LogP contribution is -2.18. The molecule has 2 aromatic heterocycles. The van der Waals surface area contributed by atoms with Gasteiger partial charge in [0.05, 0.1) is 0 Å². The van der Waals surface area contributed by atoms with E-state index in [-0.39, 0.29) is 0 Å². The number of halogens is 1. The number of fused-ring (bicyclic) bond motifs is 1. The molecule has 90 valence electrons. The second-order valence-electron chi connectivity index (χ2n) is 4.75. The van der Waals surface area contributed by atoms with E-state index < -0.39 is 0 Å². The van der Waals surface area contributed by atoms with E-state index in [1.165, 1.54) is 36.9 Å². The van der Waals surface area contributed by atoms with Gasteiger partial charge in [0.1, 0.15) is 10.8 Å². The zero-order valence-electron chi connectivity index (χ0n) is 9.99. The van der Waals surface area contributed by atoms with Crippen molar-refractivity contribution >= 4 is 22.6 Å². The number of aromatic nitrogens is 2. The topological polar surface area (TPSA) is 21.1 Å². The van der Waals surface area contributed by atoms with Crippen molar-refractivity contribution in [2.45, 2.75) is 19.4 Å². The molecule has 0 atom stereocenters. The first-order valence-corrected chi connectivity index (χ1v) is 6.44. The fraction of sp³-hybridized carbons (Fsp3) is 0.462. The van der Waals surface area contributed by atoms with Gasteiger partial charge in [0, 0.05) is 25.2 Å². The molecule has 0 radical (unpaired) electrons. The van der Waals surface area contributed by atoms with Crippen LogP contribution >= 0.6 is 11.6 Å². The highest BCUT2D eigenvalue weighted by Gasteiger charge is 2.15. The molecule has 1 fully saturated rings. The van der Waals surface area contributed by atoms with Crippen LogP contribution in [0.4, 0.5) is 0 Å². The van der Waals surface area contributed by atoms with Gasteiger partial charge in [-0.25, -0.2) is 4.98 Å². The second kappa shape index (κ2) is 4.31. The van der Waals surface area contributed by atoms with Crippen molar-refractivity contribution in [3.63, 3.8) is 0 Å². The first-order valence-electron chi connectivity index (χ1n) is 6.07. The molecule has 3 rings (SSSR count).